The van der Waals surface area contributed by atoms with Gasteiger partial charge in [-0.15, -0.1) is 0 Å². The van der Waals surface area contributed by atoms with Crippen molar-refractivity contribution in [3.05, 3.63) is 60.4 Å². The second-order valence-corrected chi connectivity index (χ2v) is 4.12. The van der Waals surface area contributed by atoms with Gasteiger partial charge < -0.3 is 9.84 Å². The SMILES string of the molecule is O=C(O)c1ccnc(Oc2cccc3cccnc23)c1. The van der Waals surface area contributed by atoms with Crippen molar-refractivity contribution in [3.8, 4) is 11.6 Å². The monoisotopic (exact) mass is 266 g/mol. The van der Waals surface area contributed by atoms with Gasteiger partial charge in [0.05, 0.1) is 5.56 Å². The quantitative estimate of drug-likeness (QED) is 0.788. The molecule has 0 radical (unpaired) electrons. The van der Waals surface area contributed by atoms with E-state index < -0.39 is 5.97 Å². The van der Waals surface area contributed by atoms with Gasteiger partial charge in [-0.2, -0.15) is 0 Å². The van der Waals surface area contributed by atoms with E-state index in [1.54, 1.807) is 12.3 Å². The van der Waals surface area contributed by atoms with Crippen LogP contribution in [-0.2, 0) is 0 Å². The van der Waals surface area contributed by atoms with Crippen molar-refractivity contribution in [3.63, 3.8) is 0 Å². The van der Waals surface area contributed by atoms with E-state index in [1.165, 1.54) is 18.3 Å². The van der Waals surface area contributed by atoms with Gasteiger partial charge in [-0.25, -0.2) is 9.78 Å². The van der Waals surface area contributed by atoms with E-state index >= 15 is 0 Å². The lowest BCUT2D eigenvalue weighted by Gasteiger charge is -2.07. The van der Waals surface area contributed by atoms with Crippen molar-refractivity contribution in [1.82, 2.24) is 9.97 Å². The zero-order valence-electron chi connectivity index (χ0n) is 10.4. The maximum absolute atomic E-state index is 10.9. The number of benzene rings is 1. The molecule has 0 atom stereocenters. The summed E-state index contributed by atoms with van der Waals surface area (Å²) in [7, 11) is 0. The fourth-order valence-corrected chi connectivity index (χ4v) is 1.87. The third-order valence-electron chi connectivity index (χ3n) is 2.79. The van der Waals surface area contributed by atoms with Crippen molar-refractivity contribution in [2.24, 2.45) is 0 Å². The third kappa shape index (κ3) is 2.29. The molecule has 0 bridgehead atoms. The molecule has 3 rings (SSSR count). The molecule has 0 amide bonds. The fourth-order valence-electron chi connectivity index (χ4n) is 1.87. The highest BCUT2D eigenvalue weighted by Crippen LogP contribution is 2.27. The van der Waals surface area contributed by atoms with Crippen molar-refractivity contribution in [2.45, 2.75) is 0 Å². The number of hydrogen-bond donors (Lipinski definition) is 1. The van der Waals surface area contributed by atoms with E-state index in [0.29, 0.717) is 11.3 Å². The maximum atomic E-state index is 10.9. The Bertz CT molecular complexity index is 781. The molecule has 1 aromatic carbocycles. The van der Waals surface area contributed by atoms with Crippen LogP contribution in [0.5, 0.6) is 11.6 Å². The number of aromatic nitrogens is 2. The zero-order valence-corrected chi connectivity index (χ0v) is 10.4. The molecule has 5 heteroatoms. The largest absolute Gasteiger partial charge is 0.478 e. The van der Waals surface area contributed by atoms with Gasteiger partial charge in [0.1, 0.15) is 5.52 Å². The molecule has 98 valence electrons. The van der Waals surface area contributed by atoms with Gasteiger partial charge in [-0.05, 0) is 18.2 Å². The van der Waals surface area contributed by atoms with Crippen LogP contribution in [0.15, 0.2) is 54.9 Å². The molecule has 0 saturated carbocycles. The topological polar surface area (TPSA) is 72.3 Å². The molecule has 5 nitrogen and oxygen atoms in total. The Labute approximate surface area is 114 Å². The van der Waals surface area contributed by atoms with E-state index in [-0.39, 0.29) is 11.4 Å². The fraction of sp³-hybridized carbons (Fsp3) is 0. The minimum atomic E-state index is -1.02. The third-order valence-corrected chi connectivity index (χ3v) is 2.79. The smallest absolute Gasteiger partial charge is 0.335 e. The summed E-state index contributed by atoms with van der Waals surface area (Å²) in [4.78, 5) is 19.2. The Balaban J connectivity index is 2.01. The number of pyridine rings is 2. The highest BCUT2D eigenvalue weighted by Gasteiger charge is 2.08. The normalized spacial score (nSPS) is 10.4. The van der Waals surface area contributed by atoms with Gasteiger partial charge in [0.25, 0.3) is 0 Å². The predicted molar refractivity (Wildman–Crippen MR) is 73.0 cm³/mol. The second-order valence-electron chi connectivity index (χ2n) is 4.12. The van der Waals surface area contributed by atoms with Crippen LogP contribution in [0.4, 0.5) is 0 Å². The van der Waals surface area contributed by atoms with Crippen LogP contribution in [0.25, 0.3) is 10.9 Å². The lowest BCUT2D eigenvalue weighted by atomic mass is 10.2. The van der Waals surface area contributed by atoms with Crippen LogP contribution in [0, 0.1) is 0 Å². The molecule has 2 aromatic heterocycles. The van der Waals surface area contributed by atoms with Crippen LogP contribution in [0.3, 0.4) is 0 Å². The van der Waals surface area contributed by atoms with E-state index in [1.807, 2.05) is 24.3 Å². The van der Waals surface area contributed by atoms with Crippen LogP contribution in [0.1, 0.15) is 10.4 Å². The van der Waals surface area contributed by atoms with Gasteiger partial charge in [-0.3, -0.25) is 4.98 Å². The number of ether oxygens (including phenoxy) is 1. The zero-order chi connectivity index (χ0) is 13.9. The number of nitrogens with zero attached hydrogens (tertiary/aromatic N) is 2. The molecule has 2 heterocycles. The summed E-state index contributed by atoms with van der Waals surface area (Å²) in [5.41, 5.74) is 0.834. The molecule has 0 saturated heterocycles. The molecule has 0 aliphatic heterocycles. The molecule has 20 heavy (non-hydrogen) atoms. The summed E-state index contributed by atoms with van der Waals surface area (Å²) in [6.07, 6.45) is 3.08. The summed E-state index contributed by atoms with van der Waals surface area (Å²) in [5.74, 6) is -0.255. The molecular formula is C15H10N2O3. The van der Waals surface area contributed by atoms with E-state index in [9.17, 15) is 4.79 Å². The minimum Gasteiger partial charge on any atom is -0.478 e. The Morgan fingerprint density at radius 3 is 2.75 bits per heavy atom. The van der Waals surface area contributed by atoms with E-state index in [4.69, 9.17) is 9.84 Å². The standard InChI is InChI=1S/C15H10N2O3/c18-15(19)11-6-8-16-13(9-11)20-12-5-1-3-10-4-2-7-17-14(10)12/h1-9H,(H,18,19). The molecular weight excluding hydrogens is 256 g/mol. The van der Waals surface area contributed by atoms with Crippen LogP contribution in [0.2, 0.25) is 0 Å². The molecule has 0 aliphatic rings. The van der Waals surface area contributed by atoms with Crippen molar-refractivity contribution < 1.29 is 14.6 Å². The first-order valence-electron chi connectivity index (χ1n) is 5.95. The van der Waals surface area contributed by atoms with Gasteiger partial charge in [0.15, 0.2) is 5.75 Å². The Morgan fingerprint density at radius 2 is 1.90 bits per heavy atom. The maximum Gasteiger partial charge on any atom is 0.335 e. The van der Waals surface area contributed by atoms with Crippen LogP contribution in [-0.4, -0.2) is 21.0 Å². The highest BCUT2D eigenvalue weighted by atomic mass is 16.5. The van der Waals surface area contributed by atoms with E-state index in [2.05, 4.69) is 9.97 Å². The number of carboxylic acids is 1. The number of carboxylic acid groups (broad SMARTS) is 1. The summed E-state index contributed by atoms with van der Waals surface area (Å²) < 4.78 is 5.65. The van der Waals surface area contributed by atoms with Gasteiger partial charge >= 0.3 is 5.97 Å². The first-order valence-corrected chi connectivity index (χ1v) is 5.95. The lowest BCUT2D eigenvalue weighted by molar-refractivity contribution is 0.0696. The second kappa shape index (κ2) is 4.97. The number of para-hydroxylation sites is 1. The molecule has 0 aliphatic carbocycles. The molecule has 0 fully saturated rings. The van der Waals surface area contributed by atoms with Crippen LogP contribution < -0.4 is 4.74 Å². The van der Waals surface area contributed by atoms with Gasteiger partial charge in [-0.1, -0.05) is 18.2 Å². The van der Waals surface area contributed by atoms with Crippen LogP contribution >= 0.6 is 0 Å². The molecule has 0 unspecified atom stereocenters. The number of carbonyl (C=O) groups is 1. The average Bonchev–Trinajstić information content (AvgIpc) is 2.48. The van der Waals surface area contributed by atoms with Crippen molar-refractivity contribution >= 4 is 16.9 Å². The number of fused-ring (bicyclic) bond motifs is 1. The summed E-state index contributed by atoms with van der Waals surface area (Å²) in [6.45, 7) is 0. The minimum absolute atomic E-state index is 0.128. The first-order chi connectivity index (χ1) is 9.74. The summed E-state index contributed by atoms with van der Waals surface area (Å²) in [5, 5.41) is 9.90. The Morgan fingerprint density at radius 1 is 1.05 bits per heavy atom. The van der Waals surface area contributed by atoms with Gasteiger partial charge in [0.2, 0.25) is 5.88 Å². The van der Waals surface area contributed by atoms with Crippen molar-refractivity contribution in [1.29, 1.82) is 0 Å². The Hall–Kier alpha value is -2.95. The number of hydrogen-bond acceptors (Lipinski definition) is 4. The van der Waals surface area contributed by atoms with Crippen molar-refractivity contribution in [2.75, 3.05) is 0 Å². The Kier molecular flexibility index (Phi) is 3.01. The lowest BCUT2D eigenvalue weighted by Crippen LogP contribution is -1.98. The highest BCUT2D eigenvalue weighted by molar-refractivity contribution is 5.88. The molecule has 0 spiro atoms. The first kappa shape index (κ1) is 12.1. The predicted octanol–water partition coefficient (Wildman–Crippen LogP) is 3.12. The number of aromatic carboxylic acids is 1. The number of rotatable bonds is 3. The average molecular weight is 266 g/mol. The summed E-state index contributed by atoms with van der Waals surface area (Å²) >= 11 is 0. The van der Waals surface area contributed by atoms with E-state index in [0.717, 1.165) is 5.39 Å². The molecule has 1 N–H and O–H groups in total. The molecule has 3 aromatic rings. The summed E-state index contributed by atoms with van der Waals surface area (Å²) in [6, 6.07) is 12.1. The van der Waals surface area contributed by atoms with Gasteiger partial charge in [0, 0.05) is 23.8 Å².